The second kappa shape index (κ2) is 5.96. The van der Waals surface area contributed by atoms with Crippen LogP contribution in [0.3, 0.4) is 0 Å². The van der Waals surface area contributed by atoms with E-state index in [1.54, 1.807) is 18.2 Å². The van der Waals surface area contributed by atoms with Crippen LogP contribution < -0.4 is 11.5 Å². The van der Waals surface area contributed by atoms with Crippen LogP contribution in [0, 0.1) is 0 Å². The number of anilines is 2. The van der Waals surface area contributed by atoms with Gasteiger partial charge in [0.15, 0.2) is 2.14 Å². The SMILES string of the molecule is Nc1nc(N)c(-c2cccc(Cl)c2Cl)c(C(Br)(Br)Br)n1. The summed E-state index contributed by atoms with van der Waals surface area (Å²) in [7, 11) is 0. The van der Waals surface area contributed by atoms with Gasteiger partial charge in [-0.2, -0.15) is 4.98 Å². The number of hydrogen-bond acceptors (Lipinski definition) is 4. The Labute approximate surface area is 150 Å². The molecule has 0 bridgehead atoms. The van der Waals surface area contributed by atoms with E-state index in [4.69, 9.17) is 34.7 Å². The molecule has 1 aromatic heterocycles. The largest absolute Gasteiger partial charge is 0.383 e. The third kappa shape index (κ3) is 3.22. The van der Waals surface area contributed by atoms with Gasteiger partial charge in [0.05, 0.1) is 21.3 Å². The second-order valence-electron chi connectivity index (χ2n) is 3.79. The van der Waals surface area contributed by atoms with Crippen LogP contribution in [0.5, 0.6) is 0 Å². The van der Waals surface area contributed by atoms with Crippen molar-refractivity contribution in [2.75, 3.05) is 11.5 Å². The van der Waals surface area contributed by atoms with Gasteiger partial charge in [0.1, 0.15) is 5.82 Å². The van der Waals surface area contributed by atoms with Crippen LogP contribution >= 0.6 is 71.0 Å². The van der Waals surface area contributed by atoms with E-state index in [1.807, 2.05) is 0 Å². The maximum atomic E-state index is 6.24. The molecule has 0 amide bonds. The number of aromatic nitrogens is 2. The Kier molecular flexibility index (Phi) is 4.86. The molecule has 0 saturated heterocycles. The first-order chi connectivity index (χ1) is 9.21. The third-order valence-electron chi connectivity index (χ3n) is 2.44. The molecule has 0 fully saturated rings. The lowest BCUT2D eigenvalue weighted by atomic mass is 10.0. The minimum absolute atomic E-state index is 0.0575. The van der Waals surface area contributed by atoms with Crippen LogP contribution in [0.25, 0.3) is 11.1 Å². The Bertz CT molecular complexity index is 673. The number of rotatable bonds is 1. The standard InChI is InChI=1S/C11H7Br3Cl2N4/c12-11(13,14)8-6(9(17)20-10(18)19-8)4-2-1-3-5(15)7(4)16/h1-3H,(H4,17,18,19,20). The van der Waals surface area contributed by atoms with Crippen molar-refractivity contribution >= 4 is 82.8 Å². The van der Waals surface area contributed by atoms with Gasteiger partial charge in [0.25, 0.3) is 0 Å². The van der Waals surface area contributed by atoms with Crippen LogP contribution in [0.2, 0.25) is 10.0 Å². The van der Waals surface area contributed by atoms with Gasteiger partial charge in [-0.3, -0.25) is 0 Å². The number of nitrogens with two attached hydrogens (primary N) is 2. The fraction of sp³-hybridized carbons (Fsp3) is 0.0909. The molecule has 20 heavy (non-hydrogen) atoms. The summed E-state index contributed by atoms with van der Waals surface area (Å²) < 4.78 is -0.820. The molecule has 2 aromatic rings. The zero-order chi connectivity index (χ0) is 15.1. The average molecular weight is 506 g/mol. The summed E-state index contributed by atoms with van der Waals surface area (Å²) in [6.07, 6.45) is 0. The maximum Gasteiger partial charge on any atom is 0.222 e. The first kappa shape index (κ1) is 16.3. The molecular formula is C11H7Br3Cl2N4. The first-order valence-electron chi connectivity index (χ1n) is 5.16. The molecule has 0 aliphatic carbocycles. The van der Waals surface area contributed by atoms with E-state index in [0.717, 1.165) is 0 Å². The Balaban J connectivity index is 2.83. The zero-order valence-corrected chi connectivity index (χ0v) is 15.9. The minimum Gasteiger partial charge on any atom is -0.383 e. The van der Waals surface area contributed by atoms with Crippen LogP contribution in [0.4, 0.5) is 11.8 Å². The molecule has 0 unspecified atom stereocenters. The predicted molar refractivity (Wildman–Crippen MR) is 94.8 cm³/mol. The molecule has 106 valence electrons. The molecule has 0 radical (unpaired) electrons. The molecule has 0 aliphatic rings. The smallest absolute Gasteiger partial charge is 0.222 e. The normalized spacial score (nSPS) is 11.7. The van der Waals surface area contributed by atoms with Crippen molar-refractivity contribution in [3.63, 3.8) is 0 Å². The van der Waals surface area contributed by atoms with Gasteiger partial charge in [-0.15, -0.1) is 0 Å². The number of nitrogen functional groups attached to an aromatic ring is 2. The Morgan fingerprint density at radius 3 is 2.30 bits per heavy atom. The summed E-state index contributed by atoms with van der Waals surface area (Å²) in [4.78, 5) is 8.17. The van der Waals surface area contributed by atoms with E-state index < -0.39 is 2.14 Å². The molecule has 0 atom stereocenters. The first-order valence-corrected chi connectivity index (χ1v) is 8.30. The molecule has 0 spiro atoms. The molecule has 0 aliphatic heterocycles. The second-order valence-corrected chi connectivity index (χ2v) is 11.3. The highest BCUT2D eigenvalue weighted by Gasteiger charge is 2.30. The minimum atomic E-state index is -0.820. The molecule has 2 rings (SSSR count). The summed E-state index contributed by atoms with van der Waals surface area (Å²) in [6.45, 7) is 0. The van der Waals surface area contributed by atoms with Crippen LogP contribution in [-0.4, -0.2) is 9.97 Å². The predicted octanol–water partition coefficient (Wildman–Crippen LogP) is 4.91. The highest BCUT2D eigenvalue weighted by molar-refractivity contribution is 9.38. The molecule has 1 aromatic carbocycles. The van der Waals surface area contributed by atoms with Gasteiger partial charge in [-0.1, -0.05) is 83.1 Å². The van der Waals surface area contributed by atoms with Crippen LogP contribution in [0.1, 0.15) is 5.69 Å². The number of halogens is 5. The fourth-order valence-electron chi connectivity index (χ4n) is 1.66. The Hall–Kier alpha value is -0.0800. The number of benzene rings is 1. The van der Waals surface area contributed by atoms with Gasteiger partial charge in [0.2, 0.25) is 5.95 Å². The fourth-order valence-corrected chi connectivity index (χ4v) is 2.92. The molecule has 1 heterocycles. The topological polar surface area (TPSA) is 77.8 Å². The molecule has 4 N–H and O–H groups in total. The summed E-state index contributed by atoms with van der Waals surface area (Å²) in [5, 5.41) is 0.780. The number of alkyl halides is 3. The Morgan fingerprint density at radius 1 is 1.05 bits per heavy atom. The lowest BCUT2D eigenvalue weighted by Gasteiger charge is -2.19. The van der Waals surface area contributed by atoms with E-state index in [0.29, 0.717) is 26.9 Å². The maximum absolute atomic E-state index is 6.24. The number of hydrogen-bond donors (Lipinski definition) is 2. The van der Waals surface area contributed by atoms with E-state index in [-0.39, 0.29) is 11.8 Å². The van der Waals surface area contributed by atoms with Crippen molar-refractivity contribution < 1.29 is 0 Å². The lowest BCUT2D eigenvalue weighted by Crippen LogP contribution is -2.12. The van der Waals surface area contributed by atoms with Crippen molar-refractivity contribution in [2.24, 2.45) is 0 Å². The third-order valence-corrected chi connectivity index (χ3v) is 4.39. The van der Waals surface area contributed by atoms with Crippen molar-refractivity contribution in [2.45, 2.75) is 2.14 Å². The molecule has 4 nitrogen and oxygen atoms in total. The quantitative estimate of drug-likeness (QED) is 0.540. The number of nitrogens with zero attached hydrogens (tertiary/aromatic N) is 2. The van der Waals surface area contributed by atoms with E-state index in [1.165, 1.54) is 0 Å². The summed E-state index contributed by atoms with van der Waals surface area (Å²) in [5.41, 5.74) is 13.3. The lowest BCUT2D eigenvalue weighted by molar-refractivity contribution is 1.10. The van der Waals surface area contributed by atoms with Crippen molar-refractivity contribution in [1.82, 2.24) is 9.97 Å². The molecular weight excluding hydrogens is 499 g/mol. The van der Waals surface area contributed by atoms with Crippen molar-refractivity contribution in [1.29, 1.82) is 0 Å². The van der Waals surface area contributed by atoms with Crippen molar-refractivity contribution in [3.8, 4) is 11.1 Å². The van der Waals surface area contributed by atoms with Gasteiger partial charge in [0, 0.05) is 5.56 Å². The van der Waals surface area contributed by atoms with Gasteiger partial charge >= 0.3 is 0 Å². The monoisotopic (exact) mass is 502 g/mol. The van der Waals surface area contributed by atoms with Crippen molar-refractivity contribution in [3.05, 3.63) is 33.9 Å². The van der Waals surface area contributed by atoms with E-state index in [2.05, 4.69) is 57.8 Å². The van der Waals surface area contributed by atoms with Gasteiger partial charge in [-0.25, -0.2) is 4.98 Å². The van der Waals surface area contributed by atoms with Gasteiger partial charge < -0.3 is 11.5 Å². The van der Waals surface area contributed by atoms with Gasteiger partial charge in [-0.05, 0) is 6.07 Å². The molecule has 0 saturated carbocycles. The Morgan fingerprint density at radius 2 is 1.70 bits per heavy atom. The van der Waals surface area contributed by atoms with E-state index in [9.17, 15) is 0 Å². The summed E-state index contributed by atoms with van der Waals surface area (Å²) in [6, 6.07) is 5.23. The molecule has 9 heteroatoms. The highest BCUT2D eigenvalue weighted by atomic mass is 80.0. The average Bonchev–Trinajstić information content (AvgIpc) is 2.31. The highest BCUT2D eigenvalue weighted by Crippen LogP contribution is 2.49. The zero-order valence-electron chi connectivity index (χ0n) is 9.67. The summed E-state index contributed by atoms with van der Waals surface area (Å²) >= 11 is 22.5. The van der Waals surface area contributed by atoms with Crippen LogP contribution in [-0.2, 0) is 2.14 Å². The van der Waals surface area contributed by atoms with Crippen LogP contribution in [0.15, 0.2) is 18.2 Å². The summed E-state index contributed by atoms with van der Waals surface area (Å²) in [5.74, 6) is 0.265. The van der Waals surface area contributed by atoms with E-state index >= 15 is 0 Å².